The molecule has 0 saturated heterocycles. The van der Waals surface area contributed by atoms with E-state index in [2.05, 4.69) is 15.0 Å². The molecule has 0 fully saturated rings. The predicted octanol–water partition coefficient (Wildman–Crippen LogP) is 3.12. The van der Waals surface area contributed by atoms with Crippen LogP contribution in [0.5, 0.6) is 0 Å². The van der Waals surface area contributed by atoms with E-state index < -0.39 is 27.6 Å². The molecule has 2 rings (SSSR count). The fourth-order valence-corrected chi connectivity index (χ4v) is 3.04. The molecule has 0 amide bonds. The van der Waals surface area contributed by atoms with Crippen LogP contribution in [-0.2, 0) is 19.6 Å². The Morgan fingerprint density at radius 3 is 2.00 bits per heavy atom. The molecule has 0 aliphatic rings. The molecular formula is C17H17N3O4S. The second-order valence-corrected chi connectivity index (χ2v) is 6.99. The van der Waals surface area contributed by atoms with Gasteiger partial charge in [0.2, 0.25) is 0 Å². The lowest BCUT2D eigenvalue weighted by Crippen LogP contribution is -2.23. The van der Waals surface area contributed by atoms with Gasteiger partial charge in [0.1, 0.15) is 0 Å². The van der Waals surface area contributed by atoms with Crippen LogP contribution in [0.4, 0.5) is 11.4 Å². The van der Waals surface area contributed by atoms with Crippen LogP contribution >= 0.6 is 0 Å². The molecule has 0 atom stereocenters. The molecule has 0 aliphatic heterocycles. The highest BCUT2D eigenvalue weighted by Gasteiger charge is 2.18. The number of Topliss-reactive ketones (excluding diaryl/α,β-unsaturated/α-hetero) is 2. The van der Waals surface area contributed by atoms with Gasteiger partial charge in [0, 0.05) is 5.69 Å². The average molecular weight is 359 g/mol. The number of ketones is 2. The number of nitrogens with zero attached hydrogens (tertiary/aromatic N) is 2. The molecular weight excluding hydrogens is 342 g/mol. The zero-order valence-electron chi connectivity index (χ0n) is 13.7. The Bertz CT molecular complexity index is 877. The maximum absolute atomic E-state index is 12.3. The fraction of sp³-hybridized carbons (Fsp3) is 0.176. The van der Waals surface area contributed by atoms with Gasteiger partial charge in [-0.15, -0.1) is 0 Å². The number of nitrogens with one attached hydrogen (secondary N) is 1. The molecule has 0 unspecified atom stereocenters. The first-order chi connectivity index (χ1) is 11.8. The highest BCUT2D eigenvalue weighted by molar-refractivity contribution is 7.92. The summed E-state index contributed by atoms with van der Waals surface area (Å²) in [4.78, 5) is 22.7. The number of hydrogen-bond acceptors (Lipinski definition) is 6. The van der Waals surface area contributed by atoms with Crippen molar-refractivity contribution in [2.24, 2.45) is 10.2 Å². The first kappa shape index (κ1) is 18.5. The first-order valence-electron chi connectivity index (χ1n) is 7.39. The minimum atomic E-state index is -3.72. The van der Waals surface area contributed by atoms with Crippen LogP contribution in [0.15, 0.2) is 69.7 Å². The summed E-state index contributed by atoms with van der Waals surface area (Å²) in [5.74, 6) is -0.801. The number of carbonyl (C=O) groups is 2. The number of sulfonamides is 1. The molecule has 0 saturated carbocycles. The first-order valence-corrected chi connectivity index (χ1v) is 8.87. The number of carbonyl (C=O) groups excluding carboxylic acids is 2. The van der Waals surface area contributed by atoms with Crippen LogP contribution in [0, 0.1) is 0 Å². The molecule has 1 N–H and O–H groups in total. The zero-order chi connectivity index (χ0) is 18.4. The summed E-state index contributed by atoms with van der Waals surface area (Å²) in [7, 11) is -3.72. The van der Waals surface area contributed by atoms with Crippen LogP contribution in [0.1, 0.15) is 13.8 Å². The van der Waals surface area contributed by atoms with E-state index in [-0.39, 0.29) is 4.90 Å². The zero-order valence-corrected chi connectivity index (χ0v) is 14.5. The van der Waals surface area contributed by atoms with Crippen molar-refractivity contribution in [2.45, 2.75) is 24.8 Å². The van der Waals surface area contributed by atoms with Crippen LogP contribution < -0.4 is 4.72 Å². The van der Waals surface area contributed by atoms with E-state index in [1.165, 1.54) is 38.1 Å². The lowest BCUT2D eigenvalue weighted by Gasteiger charge is -2.08. The lowest BCUT2D eigenvalue weighted by molar-refractivity contribution is -0.126. The number of rotatable bonds is 7. The molecule has 0 aliphatic carbocycles. The molecule has 2 aromatic rings. The monoisotopic (exact) mass is 359 g/mol. The average Bonchev–Trinajstić information content (AvgIpc) is 2.55. The minimum Gasteiger partial charge on any atom is -0.297 e. The van der Waals surface area contributed by atoms with Crippen molar-refractivity contribution in [1.82, 2.24) is 0 Å². The Morgan fingerprint density at radius 1 is 0.920 bits per heavy atom. The second kappa shape index (κ2) is 7.80. The normalized spacial score (nSPS) is 11.6. The van der Waals surface area contributed by atoms with Crippen molar-refractivity contribution < 1.29 is 18.0 Å². The smallest absolute Gasteiger partial charge is 0.261 e. The summed E-state index contributed by atoms with van der Waals surface area (Å²) in [6.07, 6.45) is 0. The molecule has 0 bridgehead atoms. The fourth-order valence-electron chi connectivity index (χ4n) is 1.99. The number of hydrogen-bond donors (Lipinski definition) is 1. The van der Waals surface area contributed by atoms with Gasteiger partial charge in [0.15, 0.2) is 17.6 Å². The van der Waals surface area contributed by atoms with E-state index in [1.54, 1.807) is 30.3 Å². The van der Waals surface area contributed by atoms with Gasteiger partial charge >= 0.3 is 0 Å². The van der Waals surface area contributed by atoms with E-state index in [1.807, 2.05) is 0 Å². The van der Waals surface area contributed by atoms with E-state index in [4.69, 9.17) is 0 Å². The Kier molecular flexibility index (Phi) is 5.76. The summed E-state index contributed by atoms with van der Waals surface area (Å²) in [5, 5.41) is 7.54. The van der Waals surface area contributed by atoms with Gasteiger partial charge in [-0.05, 0) is 50.2 Å². The summed E-state index contributed by atoms with van der Waals surface area (Å²) in [6, 6.07) is 13.0. The molecule has 2 aromatic carbocycles. The van der Waals surface area contributed by atoms with E-state index in [0.717, 1.165) is 0 Å². The molecule has 0 aromatic heterocycles. The van der Waals surface area contributed by atoms with E-state index in [0.29, 0.717) is 11.4 Å². The van der Waals surface area contributed by atoms with Gasteiger partial charge in [-0.1, -0.05) is 18.2 Å². The molecule has 25 heavy (non-hydrogen) atoms. The van der Waals surface area contributed by atoms with Crippen LogP contribution in [0.2, 0.25) is 0 Å². The maximum atomic E-state index is 12.3. The van der Waals surface area contributed by atoms with Crippen LogP contribution in [0.25, 0.3) is 0 Å². The summed E-state index contributed by atoms with van der Waals surface area (Å²) in [6.45, 7) is 2.52. The SMILES string of the molecule is CC(=O)C(N=Nc1ccc(S(=O)(=O)Nc2ccccc2)cc1)C(C)=O. The standard InChI is InChI=1S/C17H17N3O4S/c1-12(21)17(13(2)22)19-18-14-8-10-16(11-9-14)25(23,24)20-15-6-4-3-5-7-15/h3-11,17,20H,1-2H3. The molecule has 0 radical (unpaired) electrons. The van der Waals surface area contributed by atoms with Gasteiger partial charge in [-0.25, -0.2) is 8.42 Å². The number of para-hydroxylation sites is 1. The Balaban J connectivity index is 2.16. The minimum absolute atomic E-state index is 0.0602. The van der Waals surface area contributed by atoms with Gasteiger partial charge in [-0.3, -0.25) is 14.3 Å². The van der Waals surface area contributed by atoms with Crippen LogP contribution in [0.3, 0.4) is 0 Å². The Labute approximate surface area is 145 Å². The van der Waals surface area contributed by atoms with Gasteiger partial charge < -0.3 is 0 Å². The Morgan fingerprint density at radius 2 is 1.48 bits per heavy atom. The third-order valence-electron chi connectivity index (χ3n) is 3.23. The highest BCUT2D eigenvalue weighted by atomic mass is 32.2. The number of azo groups is 1. The van der Waals surface area contributed by atoms with Crippen molar-refractivity contribution >= 4 is 33.0 Å². The van der Waals surface area contributed by atoms with Gasteiger partial charge in [-0.2, -0.15) is 10.2 Å². The topological polar surface area (TPSA) is 105 Å². The molecule has 0 heterocycles. The summed E-state index contributed by atoms with van der Waals surface area (Å²) < 4.78 is 27.1. The Hall–Kier alpha value is -2.87. The van der Waals surface area contributed by atoms with E-state index in [9.17, 15) is 18.0 Å². The molecule has 0 spiro atoms. The molecule has 8 heteroatoms. The highest BCUT2D eigenvalue weighted by Crippen LogP contribution is 2.20. The number of anilines is 1. The number of benzene rings is 2. The van der Waals surface area contributed by atoms with Crippen molar-refractivity contribution in [3.8, 4) is 0 Å². The van der Waals surface area contributed by atoms with Crippen molar-refractivity contribution in [3.05, 3.63) is 54.6 Å². The largest absolute Gasteiger partial charge is 0.297 e. The maximum Gasteiger partial charge on any atom is 0.261 e. The lowest BCUT2D eigenvalue weighted by atomic mass is 10.1. The van der Waals surface area contributed by atoms with Crippen molar-refractivity contribution in [2.75, 3.05) is 4.72 Å². The predicted molar refractivity (Wildman–Crippen MR) is 93.4 cm³/mol. The van der Waals surface area contributed by atoms with Gasteiger partial charge in [0.05, 0.1) is 10.6 Å². The third kappa shape index (κ3) is 5.05. The summed E-state index contributed by atoms with van der Waals surface area (Å²) >= 11 is 0. The molecule has 130 valence electrons. The van der Waals surface area contributed by atoms with Crippen LogP contribution in [-0.4, -0.2) is 26.0 Å². The summed E-state index contributed by atoms with van der Waals surface area (Å²) in [5.41, 5.74) is 0.795. The van der Waals surface area contributed by atoms with Gasteiger partial charge in [0.25, 0.3) is 10.0 Å². The quantitative estimate of drug-likeness (QED) is 0.605. The molecule has 7 nitrogen and oxygen atoms in total. The van der Waals surface area contributed by atoms with Crippen molar-refractivity contribution in [1.29, 1.82) is 0 Å². The second-order valence-electron chi connectivity index (χ2n) is 5.30. The third-order valence-corrected chi connectivity index (χ3v) is 4.63. The van der Waals surface area contributed by atoms with E-state index >= 15 is 0 Å². The van der Waals surface area contributed by atoms with Crippen molar-refractivity contribution in [3.63, 3.8) is 0 Å².